The van der Waals surface area contributed by atoms with Crippen molar-refractivity contribution in [3.8, 4) is 0 Å². The minimum absolute atomic E-state index is 0.0281. The molecule has 0 unspecified atom stereocenters. The first-order valence-corrected chi connectivity index (χ1v) is 5.79. The van der Waals surface area contributed by atoms with E-state index in [0.29, 0.717) is 11.3 Å². The van der Waals surface area contributed by atoms with E-state index in [1.165, 1.54) is 12.1 Å². The number of aromatic nitrogens is 1. The second kappa shape index (κ2) is 5.92. The number of carbonyl (C=O) groups is 2. The Morgan fingerprint density at radius 1 is 1.15 bits per heavy atom. The zero-order valence-corrected chi connectivity index (χ0v) is 10.3. The third-order valence-corrected chi connectivity index (χ3v) is 2.51. The first kappa shape index (κ1) is 13.7. The lowest BCUT2D eigenvalue weighted by atomic mass is 10.1. The second-order valence-corrected chi connectivity index (χ2v) is 4.07. The van der Waals surface area contributed by atoms with Gasteiger partial charge in [0.25, 0.3) is 5.91 Å². The number of carboxylic acids is 1. The average Bonchev–Trinajstić information content (AvgIpc) is 2.40. The molecular weight excluding hydrogens is 263 g/mol. The maximum absolute atomic E-state index is 12.9. The van der Waals surface area contributed by atoms with Gasteiger partial charge in [-0.3, -0.25) is 9.59 Å². The molecule has 5 nitrogen and oxygen atoms in total. The molecule has 2 aromatic rings. The molecule has 0 saturated heterocycles. The van der Waals surface area contributed by atoms with Gasteiger partial charge in [-0.2, -0.15) is 4.39 Å². The summed E-state index contributed by atoms with van der Waals surface area (Å²) < 4.78 is 12.9. The lowest BCUT2D eigenvalue weighted by Crippen LogP contribution is -2.14. The molecule has 2 rings (SSSR count). The highest BCUT2D eigenvalue weighted by atomic mass is 19.1. The van der Waals surface area contributed by atoms with Crippen molar-refractivity contribution in [1.29, 1.82) is 0 Å². The Labute approximate surface area is 114 Å². The summed E-state index contributed by atoms with van der Waals surface area (Å²) in [6, 6.07) is 10.3. The molecule has 0 aliphatic carbocycles. The van der Waals surface area contributed by atoms with Crippen molar-refractivity contribution in [3.63, 3.8) is 0 Å². The number of hydrogen-bond donors (Lipinski definition) is 2. The van der Waals surface area contributed by atoms with Crippen LogP contribution in [0.4, 0.5) is 10.1 Å². The number of nitrogens with zero attached hydrogens (tertiary/aromatic N) is 1. The van der Waals surface area contributed by atoms with E-state index in [1.807, 2.05) is 0 Å². The Bertz CT molecular complexity index is 641. The van der Waals surface area contributed by atoms with Crippen LogP contribution >= 0.6 is 0 Å². The summed E-state index contributed by atoms with van der Waals surface area (Å²) in [4.78, 5) is 25.8. The van der Waals surface area contributed by atoms with Crippen LogP contribution in [0.25, 0.3) is 0 Å². The number of carboxylic acid groups (broad SMARTS) is 1. The summed E-state index contributed by atoms with van der Waals surface area (Å²) in [6.07, 6.45) is -0.0837. The largest absolute Gasteiger partial charge is 0.481 e. The van der Waals surface area contributed by atoms with Gasteiger partial charge in [0.1, 0.15) is 5.69 Å². The molecule has 2 N–H and O–H groups in total. The minimum atomic E-state index is -0.925. The second-order valence-electron chi connectivity index (χ2n) is 4.07. The van der Waals surface area contributed by atoms with E-state index in [-0.39, 0.29) is 12.1 Å². The standard InChI is InChI=1S/C14H11FN2O3/c15-12-3-1-2-11(17-12)14(20)16-10-6-4-9(5-7-10)8-13(18)19/h1-7H,8H2,(H,16,20)(H,18,19). The van der Waals surface area contributed by atoms with Crippen LogP contribution in [-0.4, -0.2) is 22.0 Å². The van der Waals surface area contributed by atoms with E-state index in [4.69, 9.17) is 5.11 Å². The number of rotatable bonds is 4. The molecule has 0 fully saturated rings. The van der Waals surface area contributed by atoms with Gasteiger partial charge in [0.2, 0.25) is 5.95 Å². The van der Waals surface area contributed by atoms with Crippen molar-refractivity contribution in [3.05, 3.63) is 59.7 Å². The van der Waals surface area contributed by atoms with Gasteiger partial charge < -0.3 is 10.4 Å². The SMILES string of the molecule is O=C(O)Cc1ccc(NC(=O)c2cccc(F)n2)cc1. The van der Waals surface area contributed by atoms with Crippen molar-refractivity contribution in [2.24, 2.45) is 0 Å². The Hall–Kier alpha value is -2.76. The number of pyridine rings is 1. The summed E-state index contributed by atoms with van der Waals surface area (Å²) in [5.74, 6) is -2.18. The molecule has 20 heavy (non-hydrogen) atoms. The summed E-state index contributed by atoms with van der Waals surface area (Å²) in [6.45, 7) is 0. The maximum atomic E-state index is 12.9. The van der Waals surface area contributed by atoms with E-state index in [1.54, 1.807) is 24.3 Å². The third kappa shape index (κ3) is 3.61. The quantitative estimate of drug-likeness (QED) is 0.837. The van der Waals surface area contributed by atoms with Gasteiger partial charge in [-0.15, -0.1) is 0 Å². The molecule has 1 aromatic heterocycles. The molecule has 0 aliphatic heterocycles. The summed E-state index contributed by atoms with van der Waals surface area (Å²) in [7, 11) is 0. The smallest absolute Gasteiger partial charge is 0.307 e. The van der Waals surface area contributed by atoms with E-state index in [9.17, 15) is 14.0 Å². The highest BCUT2D eigenvalue weighted by Crippen LogP contribution is 2.11. The topological polar surface area (TPSA) is 79.3 Å². The Balaban J connectivity index is 2.06. The lowest BCUT2D eigenvalue weighted by Gasteiger charge is -2.05. The van der Waals surface area contributed by atoms with Gasteiger partial charge in [0.05, 0.1) is 6.42 Å². The zero-order valence-electron chi connectivity index (χ0n) is 10.3. The maximum Gasteiger partial charge on any atom is 0.307 e. The van der Waals surface area contributed by atoms with Crippen LogP contribution in [0.2, 0.25) is 0 Å². The van der Waals surface area contributed by atoms with Gasteiger partial charge in [0, 0.05) is 5.69 Å². The molecule has 0 saturated carbocycles. The fourth-order valence-electron chi connectivity index (χ4n) is 1.61. The molecule has 1 aromatic carbocycles. The molecule has 6 heteroatoms. The number of aliphatic carboxylic acids is 1. The number of benzene rings is 1. The lowest BCUT2D eigenvalue weighted by molar-refractivity contribution is -0.136. The molecule has 0 aliphatic rings. The molecule has 102 valence electrons. The fraction of sp³-hybridized carbons (Fsp3) is 0.0714. The van der Waals surface area contributed by atoms with Crippen molar-refractivity contribution in [2.45, 2.75) is 6.42 Å². The van der Waals surface area contributed by atoms with E-state index in [0.717, 1.165) is 6.07 Å². The van der Waals surface area contributed by atoms with Crippen LogP contribution < -0.4 is 5.32 Å². The normalized spacial score (nSPS) is 10.1. The van der Waals surface area contributed by atoms with Crippen LogP contribution in [-0.2, 0) is 11.2 Å². The van der Waals surface area contributed by atoms with Gasteiger partial charge in [-0.25, -0.2) is 4.98 Å². The number of anilines is 1. The highest BCUT2D eigenvalue weighted by molar-refractivity contribution is 6.02. The van der Waals surface area contributed by atoms with Gasteiger partial charge in [-0.05, 0) is 29.8 Å². The van der Waals surface area contributed by atoms with Crippen molar-refractivity contribution >= 4 is 17.6 Å². The third-order valence-electron chi connectivity index (χ3n) is 2.51. The molecule has 0 bridgehead atoms. The Kier molecular flexibility index (Phi) is 4.05. The summed E-state index contributed by atoms with van der Waals surface area (Å²) in [5, 5.41) is 11.2. The van der Waals surface area contributed by atoms with Gasteiger partial charge in [0.15, 0.2) is 0 Å². The summed E-state index contributed by atoms with van der Waals surface area (Å²) >= 11 is 0. The summed E-state index contributed by atoms with van der Waals surface area (Å²) in [5.41, 5.74) is 1.08. The first-order valence-electron chi connectivity index (χ1n) is 5.79. The molecular formula is C14H11FN2O3. The molecule has 0 spiro atoms. The zero-order chi connectivity index (χ0) is 14.5. The van der Waals surface area contributed by atoms with Crippen LogP contribution in [0.5, 0.6) is 0 Å². The Morgan fingerprint density at radius 3 is 2.45 bits per heavy atom. The number of amides is 1. The molecule has 0 atom stereocenters. The van der Waals surface area contributed by atoms with Crippen molar-refractivity contribution in [1.82, 2.24) is 4.98 Å². The fourth-order valence-corrected chi connectivity index (χ4v) is 1.61. The van der Waals surface area contributed by atoms with Crippen LogP contribution in [0, 0.1) is 5.95 Å². The monoisotopic (exact) mass is 274 g/mol. The van der Waals surface area contributed by atoms with E-state index < -0.39 is 17.8 Å². The number of halogens is 1. The van der Waals surface area contributed by atoms with Crippen molar-refractivity contribution < 1.29 is 19.1 Å². The van der Waals surface area contributed by atoms with E-state index in [2.05, 4.69) is 10.3 Å². The van der Waals surface area contributed by atoms with Crippen molar-refractivity contribution in [2.75, 3.05) is 5.32 Å². The molecule has 1 amide bonds. The predicted molar refractivity (Wildman–Crippen MR) is 69.9 cm³/mol. The number of nitrogens with one attached hydrogen (secondary N) is 1. The van der Waals surface area contributed by atoms with Gasteiger partial charge in [-0.1, -0.05) is 18.2 Å². The van der Waals surface area contributed by atoms with Crippen LogP contribution in [0.1, 0.15) is 16.1 Å². The molecule has 0 radical (unpaired) electrons. The number of carbonyl (C=O) groups excluding carboxylic acids is 1. The van der Waals surface area contributed by atoms with Gasteiger partial charge >= 0.3 is 5.97 Å². The van der Waals surface area contributed by atoms with Crippen LogP contribution in [0.15, 0.2) is 42.5 Å². The van der Waals surface area contributed by atoms with E-state index >= 15 is 0 Å². The average molecular weight is 274 g/mol. The van der Waals surface area contributed by atoms with Crippen LogP contribution in [0.3, 0.4) is 0 Å². The Morgan fingerprint density at radius 2 is 1.85 bits per heavy atom. The molecule has 1 heterocycles. The first-order chi connectivity index (χ1) is 9.54. The highest BCUT2D eigenvalue weighted by Gasteiger charge is 2.08. The number of hydrogen-bond acceptors (Lipinski definition) is 3. The minimum Gasteiger partial charge on any atom is -0.481 e. The predicted octanol–water partition coefficient (Wildman–Crippen LogP) is 2.10.